The highest BCUT2D eigenvalue weighted by molar-refractivity contribution is 4.80. The van der Waals surface area contributed by atoms with Crippen molar-refractivity contribution in [2.24, 2.45) is 11.8 Å². The summed E-state index contributed by atoms with van der Waals surface area (Å²) in [5.74, 6) is 2.33. The Morgan fingerprint density at radius 3 is 1.60 bits per heavy atom. The van der Waals surface area contributed by atoms with Crippen LogP contribution in [0, 0.1) is 11.8 Å². The molecule has 62 valence electrons. The molecule has 2 atom stereocenters. The first kappa shape index (κ1) is 8.10. The second-order valence-electron chi connectivity index (χ2n) is 3.74. The molecule has 0 aromatic carbocycles. The van der Waals surface area contributed by atoms with Gasteiger partial charge in [-0.3, -0.25) is 0 Å². The van der Waals surface area contributed by atoms with E-state index in [2.05, 4.69) is 0 Å². The van der Waals surface area contributed by atoms with Gasteiger partial charge < -0.3 is 0 Å². The molecule has 2 aliphatic carbocycles. The highest BCUT2D eigenvalue weighted by Gasteiger charge is 2.28. The minimum Gasteiger partial charge on any atom is -0.0776 e. The van der Waals surface area contributed by atoms with Crippen LogP contribution in [0.15, 0.2) is 0 Å². The molecule has 0 radical (unpaired) electrons. The maximum atomic E-state index is 1.56. The summed E-state index contributed by atoms with van der Waals surface area (Å²) in [6.45, 7) is 0. The molecule has 0 aliphatic heterocycles. The third-order valence-electron chi connectivity index (χ3n) is 3.22. The average molecular weight is 143 g/mol. The standard InChI is InChI=1S/C9H16.CH4.H2/c1-2-5-9-7-3-6-8(9)4-1;;/h8-9H,1-7H2;1H4;1H/i;;1+1. The van der Waals surface area contributed by atoms with Gasteiger partial charge >= 0.3 is 0 Å². The second kappa shape index (κ2) is 3.41. The molecule has 2 fully saturated rings. The zero-order valence-electron chi connectivity index (χ0n) is 6.10. The van der Waals surface area contributed by atoms with E-state index in [1.807, 2.05) is 0 Å². The van der Waals surface area contributed by atoms with Gasteiger partial charge in [0.15, 0.2) is 0 Å². The molecular weight excluding hydrogens is 120 g/mol. The Balaban J connectivity index is 0.000000500. The minimum absolute atomic E-state index is 0. The lowest BCUT2D eigenvalue weighted by molar-refractivity contribution is 0.277. The van der Waals surface area contributed by atoms with Crippen molar-refractivity contribution in [3.63, 3.8) is 0 Å². The van der Waals surface area contributed by atoms with Gasteiger partial charge in [0.25, 0.3) is 0 Å². The fourth-order valence-corrected chi connectivity index (χ4v) is 2.69. The summed E-state index contributed by atoms with van der Waals surface area (Å²) >= 11 is 0. The zero-order valence-corrected chi connectivity index (χ0v) is 6.10. The van der Waals surface area contributed by atoms with Crippen molar-refractivity contribution < 1.29 is 1.43 Å². The maximum Gasteiger partial charge on any atom is 0 e. The molecular formula is C10H22. The summed E-state index contributed by atoms with van der Waals surface area (Å²) in [6.07, 6.45) is 10.8. The summed E-state index contributed by atoms with van der Waals surface area (Å²) in [5, 5.41) is 0. The van der Waals surface area contributed by atoms with E-state index in [1.165, 1.54) is 31.1 Å². The molecule has 0 heterocycles. The van der Waals surface area contributed by atoms with Crippen LogP contribution < -0.4 is 0 Å². The summed E-state index contributed by atoms with van der Waals surface area (Å²) in [7, 11) is 0. The van der Waals surface area contributed by atoms with Gasteiger partial charge in [0.1, 0.15) is 0 Å². The summed E-state index contributed by atoms with van der Waals surface area (Å²) < 4.78 is 0. The Morgan fingerprint density at radius 1 is 0.700 bits per heavy atom. The van der Waals surface area contributed by atoms with Crippen LogP contribution in [-0.4, -0.2) is 0 Å². The molecule has 0 N–H and O–H groups in total. The van der Waals surface area contributed by atoms with Crippen molar-refractivity contribution >= 4 is 0 Å². The average Bonchev–Trinajstić information content (AvgIpc) is 2.33. The molecule has 0 aromatic rings. The van der Waals surface area contributed by atoms with Gasteiger partial charge in [-0.2, -0.15) is 0 Å². The van der Waals surface area contributed by atoms with Crippen molar-refractivity contribution in [2.75, 3.05) is 0 Å². The smallest absolute Gasteiger partial charge is 0 e. The number of hydrogen-bond acceptors (Lipinski definition) is 0. The molecule has 2 aliphatic rings. The fourth-order valence-electron chi connectivity index (χ4n) is 2.69. The molecule has 2 unspecified atom stereocenters. The lowest BCUT2D eigenvalue weighted by atomic mass is 9.82. The summed E-state index contributed by atoms with van der Waals surface area (Å²) in [5.41, 5.74) is 0. The molecule has 2 saturated carbocycles. The van der Waals surface area contributed by atoms with Gasteiger partial charge in [-0.25, -0.2) is 0 Å². The largest absolute Gasteiger partial charge is 0.0776 e. The van der Waals surface area contributed by atoms with E-state index < -0.39 is 0 Å². The van der Waals surface area contributed by atoms with Crippen LogP contribution >= 0.6 is 0 Å². The number of hydrogen-bond donors (Lipinski definition) is 0. The molecule has 0 bridgehead atoms. The zero-order chi connectivity index (χ0) is 6.10. The van der Waals surface area contributed by atoms with E-state index >= 15 is 0 Å². The first-order valence-electron chi connectivity index (χ1n) is 4.47. The third-order valence-corrected chi connectivity index (χ3v) is 3.22. The van der Waals surface area contributed by atoms with Crippen LogP contribution in [0.5, 0.6) is 0 Å². The van der Waals surface area contributed by atoms with Crippen LogP contribution in [-0.2, 0) is 0 Å². The molecule has 10 heavy (non-hydrogen) atoms. The second-order valence-corrected chi connectivity index (χ2v) is 3.74. The van der Waals surface area contributed by atoms with E-state index in [0.717, 1.165) is 0 Å². The van der Waals surface area contributed by atoms with Crippen molar-refractivity contribution in [3.05, 3.63) is 0 Å². The van der Waals surface area contributed by atoms with Gasteiger partial charge in [0, 0.05) is 1.43 Å². The van der Waals surface area contributed by atoms with Gasteiger partial charge in [0.2, 0.25) is 0 Å². The summed E-state index contributed by atoms with van der Waals surface area (Å²) in [6, 6.07) is 0. The van der Waals surface area contributed by atoms with E-state index in [9.17, 15) is 0 Å². The fraction of sp³-hybridized carbons (Fsp3) is 1.00. The molecule has 2 rings (SSSR count). The first-order valence-corrected chi connectivity index (χ1v) is 4.47. The van der Waals surface area contributed by atoms with Crippen molar-refractivity contribution in [1.82, 2.24) is 0 Å². The minimum atomic E-state index is 0. The monoisotopic (exact) mass is 143 g/mol. The van der Waals surface area contributed by atoms with Gasteiger partial charge in [0.05, 0.1) is 0 Å². The van der Waals surface area contributed by atoms with Gasteiger partial charge in [-0.1, -0.05) is 52.4 Å². The van der Waals surface area contributed by atoms with Crippen LogP contribution in [0.2, 0.25) is 0 Å². The maximum absolute atomic E-state index is 1.56. The summed E-state index contributed by atoms with van der Waals surface area (Å²) in [4.78, 5) is 0. The van der Waals surface area contributed by atoms with E-state index in [4.69, 9.17) is 0 Å². The highest BCUT2D eigenvalue weighted by Crippen LogP contribution is 2.41. The van der Waals surface area contributed by atoms with Crippen LogP contribution in [0.4, 0.5) is 0 Å². The predicted molar refractivity (Wildman–Crippen MR) is 48.1 cm³/mol. The van der Waals surface area contributed by atoms with Crippen molar-refractivity contribution in [1.29, 1.82) is 0 Å². The normalized spacial score (nSPS) is 38.4. The molecule has 0 heteroatoms. The Hall–Kier alpha value is 0. The van der Waals surface area contributed by atoms with Crippen LogP contribution in [0.1, 0.15) is 53.8 Å². The number of fused-ring (bicyclic) bond motifs is 1. The number of rotatable bonds is 0. The molecule has 0 saturated heterocycles. The predicted octanol–water partition coefficient (Wildman–Crippen LogP) is 3.86. The SMILES string of the molecule is C.C1CCC2CCCC2C1.[2HH]. The van der Waals surface area contributed by atoms with Crippen LogP contribution in [0.3, 0.4) is 0 Å². The van der Waals surface area contributed by atoms with Gasteiger partial charge in [-0.05, 0) is 11.8 Å². The highest BCUT2D eigenvalue weighted by atomic mass is 14.3. The van der Waals surface area contributed by atoms with E-state index in [0.29, 0.717) is 0 Å². The lowest BCUT2D eigenvalue weighted by Crippen LogP contribution is -2.12. The van der Waals surface area contributed by atoms with Crippen molar-refractivity contribution in [2.45, 2.75) is 52.4 Å². The van der Waals surface area contributed by atoms with E-state index in [1.54, 1.807) is 25.7 Å². The quantitative estimate of drug-likeness (QED) is 0.483. The molecule has 0 amide bonds. The molecule has 0 spiro atoms. The Morgan fingerprint density at radius 2 is 1.10 bits per heavy atom. The Kier molecular flexibility index (Phi) is 2.76. The van der Waals surface area contributed by atoms with Crippen LogP contribution in [0.25, 0.3) is 0 Å². The molecule has 0 nitrogen and oxygen atoms in total. The van der Waals surface area contributed by atoms with E-state index in [-0.39, 0.29) is 8.85 Å². The third kappa shape index (κ3) is 1.36. The van der Waals surface area contributed by atoms with Gasteiger partial charge in [-0.15, -0.1) is 0 Å². The lowest BCUT2D eigenvalue weighted by Gasteiger charge is -2.24. The van der Waals surface area contributed by atoms with Crippen molar-refractivity contribution in [3.8, 4) is 0 Å². The Labute approximate surface area is 66.5 Å². The molecule has 0 aromatic heterocycles. The first-order chi connectivity index (χ1) is 4.47. The topological polar surface area (TPSA) is 0 Å². The Bertz CT molecular complexity index is 89.0.